The van der Waals surface area contributed by atoms with E-state index in [0.29, 0.717) is 6.54 Å². The second kappa shape index (κ2) is 4.20. The Kier molecular flexibility index (Phi) is 2.75. The molecule has 100 valence electrons. The molecule has 0 amide bonds. The molecule has 2 N–H and O–H groups in total. The SMILES string of the molecule is Cc1cc(C)cc(-n2nc(C3(CN)CC3)cc2C)c1. The fraction of sp³-hybridized carbons (Fsp3) is 0.438. The number of rotatable bonds is 3. The first-order valence-electron chi connectivity index (χ1n) is 6.90. The van der Waals surface area contributed by atoms with Gasteiger partial charge in [-0.25, -0.2) is 4.68 Å². The zero-order chi connectivity index (χ0) is 13.6. The molecular formula is C16H21N3. The van der Waals surface area contributed by atoms with Gasteiger partial charge in [0, 0.05) is 17.7 Å². The van der Waals surface area contributed by atoms with E-state index in [0.717, 1.165) is 11.4 Å². The van der Waals surface area contributed by atoms with E-state index in [1.54, 1.807) is 0 Å². The molecule has 0 unspecified atom stereocenters. The number of aryl methyl sites for hydroxylation is 3. The van der Waals surface area contributed by atoms with E-state index in [4.69, 9.17) is 10.8 Å². The fourth-order valence-corrected chi connectivity index (χ4v) is 2.78. The molecule has 3 rings (SSSR count). The van der Waals surface area contributed by atoms with Crippen molar-refractivity contribution in [2.45, 2.75) is 39.0 Å². The van der Waals surface area contributed by atoms with Crippen LogP contribution < -0.4 is 5.73 Å². The summed E-state index contributed by atoms with van der Waals surface area (Å²) in [6.45, 7) is 7.06. The summed E-state index contributed by atoms with van der Waals surface area (Å²) < 4.78 is 2.05. The van der Waals surface area contributed by atoms with Gasteiger partial charge in [0.1, 0.15) is 0 Å². The van der Waals surface area contributed by atoms with Crippen molar-refractivity contribution in [3.05, 3.63) is 46.8 Å². The smallest absolute Gasteiger partial charge is 0.0706 e. The van der Waals surface area contributed by atoms with E-state index in [9.17, 15) is 0 Å². The molecular weight excluding hydrogens is 234 g/mol. The monoisotopic (exact) mass is 255 g/mol. The number of hydrogen-bond acceptors (Lipinski definition) is 2. The van der Waals surface area contributed by atoms with Gasteiger partial charge in [0.25, 0.3) is 0 Å². The Labute approximate surface area is 114 Å². The van der Waals surface area contributed by atoms with Crippen molar-refractivity contribution >= 4 is 0 Å². The molecule has 2 aromatic rings. The van der Waals surface area contributed by atoms with Crippen LogP contribution in [0.15, 0.2) is 24.3 Å². The number of aromatic nitrogens is 2. The Hall–Kier alpha value is -1.61. The van der Waals surface area contributed by atoms with Crippen molar-refractivity contribution in [3.8, 4) is 5.69 Å². The summed E-state index contributed by atoms with van der Waals surface area (Å²) in [5.74, 6) is 0. The maximum Gasteiger partial charge on any atom is 0.0706 e. The average Bonchev–Trinajstić information content (AvgIpc) is 3.05. The van der Waals surface area contributed by atoms with Crippen LogP contribution in [0.4, 0.5) is 0 Å². The third kappa shape index (κ3) is 2.08. The third-order valence-corrected chi connectivity index (χ3v) is 4.13. The fourth-order valence-electron chi connectivity index (χ4n) is 2.78. The van der Waals surface area contributed by atoms with Gasteiger partial charge >= 0.3 is 0 Å². The Morgan fingerprint density at radius 3 is 2.26 bits per heavy atom. The largest absolute Gasteiger partial charge is 0.330 e. The first-order valence-corrected chi connectivity index (χ1v) is 6.90. The van der Waals surface area contributed by atoms with E-state index < -0.39 is 0 Å². The molecule has 1 aliphatic carbocycles. The van der Waals surface area contributed by atoms with Gasteiger partial charge in [-0.1, -0.05) is 6.07 Å². The molecule has 1 saturated carbocycles. The van der Waals surface area contributed by atoms with E-state index in [1.807, 2.05) is 4.68 Å². The normalized spacial score (nSPS) is 16.6. The van der Waals surface area contributed by atoms with E-state index in [-0.39, 0.29) is 5.41 Å². The molecule has 0 aliphatic heterocycles. The molecule has 1 fully saturated rings. The summed E-state index contributed by atoms with van der Waals surface area (Å²) in [7, 11) is 0. The topological polar surface area (TPSA) is 43.8 Å². The van der Waals surface area contributed by atoms with Crippen molar-refractivity contribution in [1.29, 1.82) is 0 Å². The van der Waals surface area contributed by atoms with Crippen LogP contribution in [-0.2, 0) is 5.41 Å². The number of hydrogen-bond donors (Lipinski definition) is 1. The van der Waals surface area contributed by atoms with Gasteiger partial charge in [-0.3, -0.25) is 0 Å². The number of benzene rings is 1. The molecule has 1 aliphatic rings. The predicted octanol–water partition coefficient (Wildman–Crippen LogP) is 2.79. The molecule has 1 aromatic heterocycles. The maximum atomic E-state index is 5.90. The Morgan fingerprint density at radius 2 is 1.74 bits per heavy atom. The van der Waals surface area contributed by atoms with Crippen molar-refractivity contribution in [2.24, 2.45) is 5.73 Å². The Bertz CT molecular complexity index is 601. The van der Waals surface area contributed by atoms with Crippen LogP contribution in [0.2, 0.25) is 0 Å². The predicted molar refractivity (Wildman–Crippen MR) is 77.7 cm³/mol. The van der Waals surface area contributed by atoms with Crippen molar-refractivity contribution < 1.29 is 0 Å². The zero-order valence-corrected chi connectivity index (χ0v) is 11.9. The van der Waals surface area contributed by atoms with Gasteiger partial charge in [0.2, 0.25) is 0 Å². The Morgan fingerprint density at radius 1 is 1.11 bits per heavy atom. The number of nitrogens with two attached hydrogens (primary N) is 1. The highest BCUT2D eigenvalue weighted by Gasteiger charge is 2.45. The summed E-state index contributed by atoms with van der Waals surface area (Å²) in [4.78, 5) is 0. The summed E-state index contributed by atoms with van der Waals surface area (Å²) >= 11 is 0. The quantitative estimate of drug-likeness (QED) is 0.916. The highest BCUT2D eigenvalue weighted by atomic mass is 15.3. The summed E-state index contributed by atoms with van der Waals surface area (Å²) in [6.07, 6.45) is 2.35. The van der Waals surface area contributed by atoms with E-state index in [1.165, 1.54) is 29.7 Å². The minimum absolute atomic E-state index is 0.162. The van der Waals surface area contributed by atoms with Crippen LogP contribution in [0.5, 0.6) is 0 Å². The van der Waals surface area contributed by atoms with Gasteiger partial charge in [-0.2, -0.15) is 5.10 Å². The summed E-state index contributed by atoms with van der Waals surface area (Å²) in [5.41, 5.74) is 12.1. The standard InChI is InChI=1S/C16H21N3/c1-11-6-12(2)8-14(7-11)19-13(3)9-15(18-19)16(10-17)4-5-16/h6-9H,4-5,10,17H2,1-3H3. The lowest BCUT2D eigenvalue weighted by molar-refractivity contribution is 0.660. The third-order valence-electron chi connectivity index (χ3n) is 4.13. The molecule has 0 radical (unpaired) electrons. The minimum Gasteiger partial charge on any atom is -0.330 e. The van der Waals surface area contributed by atoms with Crippen LogP contribution in [-0.4, -0.2) is 16.3 Å². The molecule has 3 nitrogen and oxygen atoms in total. The van der Waals surface area contributed by atoms with E-state index >= 15 is 0 Å². The molecule has 1 aromatic carbocycles. The van der Waals surface area contributed by atoms with E-state index in [2.05, 4.69) is 45.0 Å². The van der Waals surface area contributed by atoms with Gasteiger partial charge in [0.05, 0.1) is 11.4 Å². The van der Waals surface area contributed by atoms with Crippen LogP contribution in [0, 0.1) is 20.8 Å². The molecule has 0 atom stereocenters. The highest BCUT2D eigenvalue weighted by molar-refractivity contribution is 5.41. The van der Waals surface area contributed by atoms with Gasteiger partial charge in [0.15, 0.2) is 0 Å². The Balaban J connectivity index is 2.06. The molecule has 0 saturated heterocycles. The minimum atomic E-state index is 0.162. The summed E-state index contributed by atoms with van der Waals surface area (Å²) in [5, 5.41) is 4.80. The van der Waals surface area contributed by atoms with Crippen molar-refractivity contribution in [1.82, 2.24) is 9.78 Å². The first-order chi connectivity index (χ1) is 9.04. The number of nitrogens with zero attached hydrogens (tertiary/aromatic N) is 2. The maximum absolute atomic E-state index is 5.90. The van der Waals surface area contributed by atoms with Crippen molar-refractivity contribution in [2.75, 3.05) is 6.54 Å². The highest BCUT2D eigenvalue weighted by Crippen LogP contribution is 2.46. The molecule has 3 heteroatoms. The summed E-state index contributed by atoms with van der Waals surface area (Å²) in [6, 6.07) is 8.74. The van der Waals surface area contributed by atoms with Crippen LogP contribution >= 0.6 is 0 Å². The lowest BCUT2D eigenvalue weighted by Crippen LogP contribution is -2.20. The second-order valence-corrected chi connectivity index (χ2v) is 5.91. The van der Waals surface area contributed by atoms with Gasteiger partial charge in [-0.15, -0.1) is 0 Å². The van der Waals surface area contributed by atoms with Crippen LogP contribution in [0.25, 0.3) is 5.69 Å². The van der Waals surface area contributed by atoms with Crippen LogP contribution in [0.1, 0.15) is 35.4 Å². The molecule has 0 bridgehead atoms. The molecule has 1 heterocycles. The second-order valence-electron chi connectivity index (χ2n) is 5.91. The van der Waals surface area contributed by atoms with Crippen molar-refractivity contribution in [3.63, 3.8) is 0 Å². The zero-order valence-electron chi connectivity index (χ0n) is 11.9. The van der Waals surface area contributed by atoms with Crippen LogP contribution in [0.3, 0.4) is 0 Å². The van der Waals surface area contributed by atoms with Gasteiger partial charge < -0.3 is 5.73 Å². The lowest BCUT2D eigenvalue weighted by atomic mass is 10.0. The lowest BCUT2D eigenvalue weighted by Gasteiger charge is -2.09. The van der Waals surface area contributed by atoms with Gasteiger partial charge in [-0.05, 0) is 62.9 Å². The molecule has 0 spiro atoms. The molecule has 19 heavy (non-hydrogen) atoms. The average molecular weight is 255 g/mol. The first kappa shape index (κ1) is 12.4.